The molecule has 0 aromatic heterocycles. The number of hydrogen-bond donors (Lipinski definition) is 3. The first-order valence-electron chi connectivity index (χ1n) is 8.48. The van der Waals surface area contributed by atoms with Crippen LogP contribution < -0.4 is 0 Å². The second kappa shape index (κ2) is 6.70. The lowest BCUT2D eigenvalue weighted by Crippen LogP contribution is -2.66. The molecule has 142 valence electrons. The van der Waals surface area contributed by atoms with Crippen molar-refractivity contribution in [1.82, 2.24) is 0 Å². The van der Waals surface area contributed by atoms with Gasteiger partial charge in [-0.05, 0) is 26.2 Å². The molecule has 0 amide bonds. The molecule has 0 aromatic carbocycles. The lowest BCUT2D eigenvalue weighted by atomic mass is 9.50. The fraction of sp³-hybridized carbons (Fsp3) is 0.778. The molecule has 0 aliphatic heterocycles. The lowest BCUT2D eigenvalue weighted by molar-refractivity contribution is -0.236. The third-order valence-corrected chi connectivity index (χ3v) is 5.98. The van der Waals surface area contributed by atoms with Crippen LogP contribution in [0.4, 0.5) is 0 Å². The van der Waals surface area contributed by atoms with Gasteiger partial charge in [0.1, 0.15) is 6.10 Å². The molecule has 0 heterocycles. The van der Waals surface area contributed by atoms with E-state index < -0.39 is 53.1 Å². The van der Waals surface area contributed by atoms with Gasteiger partial charge in [0.25, 0.3) is 0 Å². The highest BCUT2D eigenvalue weighted by Gasteiger charge is 2.63. The van der Waals surface area contributed by atoms with Gasteiger partial charge in [-0.15, -0.1) is 0 Å². The van der Waals surface area contributed by atoms with Gasteiger partial charge >= 0.3 is 11.9 Å². The number of esters is 2. The van der Waals surface area contributed by atoms with Gasteiger partial charge in [-0.3, -0.25) is 4.79 Å². The molecule has 25 heavy (non-hydrogen) atoms. The molecule has 7 heteroatoms. The number of rotatable bonds is 3. The predicted octanol–water partition coefficient (Wildman–Crippen LogP) is 0.556. The summed E-state index contributed by atoms with van der Waals surface area (Å²) < 4.78 is 10.1. The van der Waals surface area contributed by atoms with Gasteiger partial charge in [-0.2, -0.15) is 0 Å². The van der Waals surface area contributed by atoms with Crippen molar-refractivity contribution < 1.29 is 34.4 Å². The fourth-order valence-corrected chi connectivity index (χ4v) is 4.87. The highest BCUT2D eigenvalue weighted by Crippen LogP contribution is 2.57. The number of hydrogen-bond acceptors (Lipinski definition) is 7. The minimum atomic E-state index is -1.23. The van der Waals surface area contributed by atoms with Crippen LogP contribution in [-0.4, -0.2) is 58.3 Å². The third-order valence-electron chi connectivity index (χ3n) is 5.98. The Bertz CT molecular complexity index is 570. The Morgan fingerprint density at radius 1 is 1.24 bits per heavy atom. The third kappa shape index (κ3) is 3.32. The van der Waals surface area contributed by atoms with Crippen LogP contribution in [0, 0.1) is 17.3 Å². The standard InChI is InChI=1S/C18H28O7/c1-9(16(22)24-5)13-11(25-10(2)19)8-17(3)12(20)6-7-18(4,23)15(17)14(13)21/h11-15,20-21,23H,1,6-8H2,2-5H3/t11-,12+,13+,14-,15+,17-,18+/m0/s1. The van der Waals surface area contributed by atoms with Gasteiger partial charge in [0, 0.05) is 23.8 Å². The van der Waals surface area contributed by atoms with Crippen molar-refractivity contribution in [3.05, 3.63) is 12.2 Å². The van der Waals surface area contributed by atoms with E-state index in [4.69, 9.17) is 9.47 Å². The Labute approximate surface area is 147 Å². The largest absolute Gasteiger partial charge is 0.466 e. The summed E-state index contributed by atoms with van der Waals surface area (Å²) in [4.78, 5) is 23.5. The fourth-order valence-electron chi connectivity index (χ4n) is 4.87. The first-order valence-corrected chi connectivity index (χ1v) is 8.48. The van der Waals surface area contributed by atoms with Crippen LogP contribution >= 0.6 is 0 Å². The average molecular weight is 356 g/mol. The van der Waals surface area contributed by atoms with Crippen molar-refractivity contribution in [3.8, 4) is 0 Å². The van der Waals surface area contributed by atoms with Crippen LogP contribution in [0.3, 0.4) is 0 Å². The Morgan fingerprint density at radius 3 is 2.36 bits per heavy atom. The molecule has 2 fully saturated rings. The SMILES string of the molecule is C=C(C(=O)OC)[C@H]1[C@H](O)[C@@H]2[C@@](C)(C[C@@H]1OC(C)=O)[C@H](O)CC[C@@]2(C)O. The monoisotopic (exact) mass is 356 g/mol. The number of carbonyl (C=O) groups is 2. The molecule has 0 aromatic rings. The van der Waals surface area contributed by atoms with Gasteiger partial charge in [0.2, 0.25) is 0 Å². The van der Waals surface area contributed by atoms with Crippen molar-refractivity contribution >= 4 is 11.9 Å². The average Bonchev–Trinajstić information content (AvgIpc) is 2.49. The highest BCUT2D eigenvalue weighted by molar-refractivity contribution is 5.88. The van der Waals surface area contributed by atoms with E-state index in [1.807, 2.05) is 0 Å². The van der Waals surface area contributed by atoms with Gasteiger partial charge in [0.15, 0.2) is 0 Å². The number of aliphatic hydroxyl groups is 3. The Balaban J connectivity index is 2.49. The van der Waals surface area contributed by atoms with Crippen LogP contribution in [0.15, 0.2) is 12.2 Å². The zero-order valence-electron chi connectivity index (χ0n) is 15.2. The Hall–Kier alpha value is -1.44. The van der Waals surface area contributed by atoms with Crippen molar-refractivity contribution in [2.75, 3.05) is 7.11 Å². The smallest absolute Gasteiger partial charge is 0.333 e. The molecule has 0 bridgehead atoms. The number of aliphatic hydroxyl groups excluding tert-OH is 2. The summed E-state index contributed by atoms with van der Waals surface area (Å²) in [5, 5.41) is 32.5. The molecular weight excluding hydrogens is 328 g/mol. The summed E-state index contributed by atoms with van der Waals surface area (Å²) in [7, 11) is 1.20. The second-order valence-electron chi connectivity index (χ2n) is 7.78. The van der Waals surface area contributed by atoms with Gasteiger partial charge in [-0.1, -0.05) is 13.5 Å². The normalized spacial score (nSPS) is 43.7. The maximum atomic E-state index is 12.0. The molecular formula is C18H28O7. The molecule has 2 rings (SSSR count). The second-order valence-corrected chi connectivity index (χ2v) is 7.78. The minimum absolute atomic E-state index is 0.0147. The van der Waals surface area contributed by atoms with Crippen LogP contribution in [-0.2, 0) is 19.1 Å². The molecule has 2 saturated carbocycles. The topological polar surface area (TPSA) is 113 Å². The molecule has 7 nitrogen and oxygen atoms in total. The van der Waals surface area contributed by atoms with Crippen molar-refractivity contribution in [2.45, 2.75) is 63.9 Å². The zero-order chi connectivity index (χ0) is 19.2. The number of carbonyl (C=O) groups excluding carboxylic acids is 2. The highest BCUT2D eigenvalue weighted by atomic mass is 16.5. The van der Waals surface area contributed by atoms with E-state index in [0.29, 0.717) is 12.8 Å². The summed E-state index contributed by atoms with van der Waals surface area (Å²) in [6.45, 7) is 8.35. The van der Waals surface area contributed by atoms with E-state index in [9.17, 15) is 24.9 Å². The molecule has 2 aliphatic rings. The Kier molecular flexibility index (Phi) is 5.33. The summed E-state index contributed by atoms with van der Waals surface area (Å²) in [6.07, 6.45) is -1.93. The summed E-state index contributed by atoms with van der Waals surface area (Å²) in [5.74, 6) is -2.88. The van der Waals surface area contributed by atoms with Crippen molar-refractivity contribution in [3.63, 3.8) is 0 Å². The molecule has 0 unspecified atom stereocenters. The van der Waals surface area contributed by atoms with Crippen LogP contribution in [0.1, 0.15) is 40.0 Å². The van der Waals surface area contributed by atoms with E-state index in [2.05, 4.69) is 6.58 Å². The quantitative estimate of drug-likeness (QED) is 0.500. The van der Waals surface area contributed by atoms with Crippen molar-refractivity contribution in [1.29, 1.82) is 0 Å². The van der Waals surface area contributed by atoms with E-state index in [1.54, 1.807) is 13.8 Å². The van der Waals surface area contributed by atoms with Crippen molar-refractivity contribution in [2.24, 2.45) is 17.3 Å². The van der Waals surface area contributed by atoms with E-state index in [1.165, 1.54) is 14.0 Å². The maximum absolute atomic E-state index is 12.0. The molecule has 7 atom stereocenters. The number of methoxy groups -OCH3 is 1. The van der Waals surface area contributed by atoms with Gasteiger partial charge in [0.05, 0.1) is 30.8 Å². The number of ether oxygens (including phenoxy) is 2. The molecule has 0 spiro atoms. The Morgan fingerprint density at radius 2 is 1.84 bits per heavy atom. The molecule has 2 aliphatic carbocycles. The van der Waals surface area contributed by atoms with Crippen LogP contribution in [0.2, 0.25) is 0 Å². The van der Waals surface area contributed by atoms with E-state index in [0.717, 1.165) is 0 Å². The van der Waals surface area contributed by atoms with Crippen LogP contribution in [0.5, 0.6) is 0 Å². The van der Waals surface area contributed by atoms with Gasteiger partial charge < -0.3 is 24.8 Å². The summed E-state index contributed by atoms with van der Waals surface area (Å²) in [6, 6.07) is 0. The summed E-state index contributed by atoms with van der Waals surface area (Å²) in [5.41, 5.74) is -2.11. The molecule has 0 radical (unpaired) electrons. The van der Waals surface area contributed by atoms with E-state index in [-0.39, 0.29) is 12.0 Å². The first-order chi connectivity index (χ1) is 11.5. The first kappa shape index (κ1) is 19.9. The molecule has 3 N–H and O–H groups in total. The number of fused-ring (bicyclic) bond motifs is 1. The van der Waals surface area contributed by atoms with Gasteiger partial charge in [-0.25, -0.2) is 4.79 Å². The maximum Gasteiger partial charge on any atom is 0.333 e. The zero-order valence-corrected chi connectivity index (χ0v) is 15.2. The molecule has 0 saturated heterocycles. The predicted molar refractivity (Wildman–Crippen MR) is 88.3 cm³/mol. The summed E-state index contributed by atoms with van der Waals surface area (Å²) >= 11 is 0. The lowest BCUT2D eigenvalue weighted by Gasteiger charge is -2.59. The van der Waals surface area contributed by atoms with Crippen LogP contribution in [0.25, 0.3) is 0 Å². The minimum Gasteiger partial charge on any atom is -0.466 e. The van der Waals surface area contributed by atoms with E-state index >= 15 is 0 Å².